The second-order valence-corrected chi connectivity index (χ2v) is 5.57. The van der Waals surface area contributed by atoms with E-state index < -0.39 is 0 Å². The average Bonchev–Trinajstić information content (AvgIpc) is 2.40. The van der Waals surface area contributed by atoms with Crippen LogP contribution in [0.5, 0.6) is 0 Å². The number of morpholine rings is 1. The Morgan fingerprint density at radius 3 is 2.61 bits per heavy atom. The molecule has 2 heterocycles. The van der Waals surface area contributed by atoms with Crippen molar-refractivity contribution >= 4 is 18.3 Å². The summed E-state index contributed by atoms with van der Waals surface area (Å²) in [4.78, 5) is 14.2. The highest BCUT2D eigenvalue weighted by Crippen LogP contribution is 2.34. The Morgan fingerprint density at radius 2 is 2.11 bits per heavy atom. The SMILES string of the molecule is CCC1(C)CCN(C(=O)C2COCCN2)CC1.Cl. The van der Waals surface area contributed by atoms with Gasteiger partial charge >= 0.3 is 0 Å². The summed E-state index contributed by atoms with van der Waals surface area (Å²) in [7, 11) is 0. The minimum atomic E-state index is -0.116. The summed E-state index contributed by atoms with van der Waals surface area (Å²) in [6.07, 6.45) is 3.46. The molecule has 1 unspecified atom stereocenters. The van der Waals surface area contributed by atoms with Crippen LogP contribution in [0.25, 0.3) is 0 Å². The molecule has 2 saturated heterocycles. The summed E-state index contributed by atoms with van der Waals surface area (Å²) < 4.78 is 5.35. The average molecular weight is 277 g/mol. The van der Waals surface area contributed by atoms with Crippen molar-refractivity contribution in [3.05, 3.63) is 0 Å². The second kappa shape index (κ2) is 6.73. The molecule has 0 aliphatic carbocycles. The van der Waals surface area contributed by atoms with Gasteiger partial charge < -0.3 is 15.0 Å². The van der Waals surface area contributed by atoms with Gasteiger partial charge in [0.05, 0.1) is 13.2 Å². The van der Waals surface area contributed by atoms with Gasteiger partial charge in [0, 0.05) is 19.6 Å². The number of hydrogen-bond acceptors (Lipinski definition) is 3. The van der Waals surface area contributed by atoms with Crippen LogP contribution < -0.4 is 5.32 Å². The van der Waals surface area contributed by atoms with E-state index in [4.69, 9.17) is 4.74 Å². The Balaban J connectivity index is 0.00000162. The van der Waals surface area contributed by atoms with Gasteiger partial charge in [0.1, 0.15) is 6.04 Å². The molecule has 2 aliphatic heterocycles. The fraction of sp³-hybridized carbons (Fsp3) is 0.923. The molecule has 106 valence electrons. The van der Waals surface area contributed by atoms with Gasteiger partial charge in [-0.1, -0.05) is 20.3 Å². The first kappa shape index (κ1) is 15.7. The highest BCUT2D eigenvalue weighted by atomic mass is 35.5. The molecule has 0 aromatic carbocycles. The molecule has 0 spiro atoms. The zero-order valence-electron chi connectivity index (χ0n) is 11.4. The molecule has 0 saturated carbocycles. The van der Waals surface area contributed by atoms with Crippen LogP contribution in [0.2, 0.25) is 0 Å². The third-order valence-corrected chi connectivity index (χ3v) is 4.36. The predicted molar refractivity (Wildman–Crippen MR) is 74.1 cm³/mol. The first-order valence-corrected chi connectivity index (χ1v) is 6.74. The van der Waals surface area contributed by atoms with Crippen molar-refractivity contribution in [2.75, 3.05) is 32.8 Å². The first-order valence-electron chi connectivity index (χ1n) is 6.74. The molecule has 1 atom stereocenters. The number of amides is 1. The summed E-state index contributed by atoms with van der Waals surface area (Å²) in [5.41, 5.74) is 0.438. The van der Waals surface area contributed by atoms with Crippen molar-refractivity contribution in [3.63, 3.8) is 0 Å². The number of carbonyl (C=O) groups excluding carboxylic acids is 1. The number of ether oxygens (including phenoxy) is 1. The van der Waals surface area contributed by atoms with E-state index in [2.05, 4.69) is 19.2 Å². The zero-order chi connectivity index (χ0) is 12.3. The van der Waals surface area contributed by atoms with Gasteiger partial charge in [-0.05, 0) is 18.3 Å². The molecule has 0 radical (unpaired) electrons. The van der Waals surface area contributed by atoms with E-state index in [1.54, 1.807) is 0 Å². The largest absolute Gasteiger partial charge is 0.378 e. The van der Waals surface area contributed by atoms with E-state index in [-0.39, 0.29) is 24.4 Å². The molecule has 2 fully saturated rings. The monoisotopic (exact) mass is 276 g/mol. The topological polar surface area (TPSA) is 41.6 Å². The van der Waals surface area contributed by atoms with E-state index in [1.807, 2.05) is 4.90 Å². The molecule has 18 heavy (non-hydrogen) atoms. The lowest BCUT2D eigenvalue weighted by Crippen LogP contribution is -2.54. The number of rotatable bonds is 2. The van der Waals surface area contributed by atoms with Crippen molar-refractivity contribution in [2.45, 2.75) is 39.2 Å². The number of nitrogens with one attached hydrogen (secondary N) is 1. The summed E-state index contributed by atoms with van der Waals surface area (Å²) in [5, 5.41) is 3.23. The van der Waals surface area contributed by atoms with Crippen molar-refractivity contribution < 1.29 is 9.53 Å². The van der Waals surface area contributed by atoms with Gasteiger partial charge in [0.2, 0.25) is 5.91 Å². The van der Waals surface area contributed by atoms with Crippen molar-refractivity contribution in [1.82, 2.24) is 10.2 Å². The van der Waals surface area contributed by atoms with Crippen LogP contribution in [0.1, 0.15) is 33.1 Å². The van der Waals surface area contributed by atoms with E-state index in [0.29, 0.717) is 12.0 Å². The Morgan fingerprint density at radius 1 is 1.44 bits per heavy atom. The molecule has 5 heteroatoms. The molecule has 4 nitrogen and oxygen atoms in total. The third kappa shape index (κ3) is 3.59. The van der Waals surface area contributed by atoms with Crippen LogP contribution in [0.15, 0.2) is 0 Å². The fourth-order valence-corrected chi connectivity index (χ4v) is 2.56. The number of piperidine rings is 1. The lowest BCUT2D eigenvalue weighted by Gasteiger charge is -2.40. The van der Waals surface area contributed by atoms with Gasteiger partial charge in [0.25, 0.3) is 0 Å². The van der Waals surface area contributed by atoms with E-state index in [1.165, 1.54) is 6.42 Å². The molecule has 0 aromatic heterocycles. The second-order valence-electron chi connectivity index (χ2n) is 5.57. The van der Waals surface area contributed by atoms with Gasteiger partial charge in [-0.2, -0.15) is 0 Å². The van der Waals surface area contributed by atoms with Gasteiger partial charge in [-0.25, -0.2) is 0 Å². The quantitative estimate of drug-likeness (QED) is 0.830. The number of likely N-dealkylation sites (tertiary alicyclic amines) is 1. The summed E-state index contributed by atoms with van der Waals surface area (Å²) >= 11 is 0. The van der Waals surface area contributed by atoms with Crippen LogP contribution in [-0.2, 0) is 9.53 Å². The Hall–Kier alpha value is -0.320. The van der Waals surface area contributed by atoms with E-state index in [0.717, 1.165) is 39.1 Å². The predicted octanol–water partition coefficient (Wildman–Crippen LogP) is 1.44. The Bertz CT molecular complexity index is 272. The normalized spacial score (nSPS) is 27.4. The van der Waals surface area contributed by atoms with Gasteiger partial charge in [-0.15, -0.1) is 12.4 Å². The zero-order valence-corrected chi connectivity index (χ0v) is 12.2. The first-order chi connectivity index (χ1) is 8.14. The Labute approximate surface area is 116 Å². The third-order valence-electron chi connectivity index (χ3n) is 4.36. The minimum Gasteiger partial charge on any atom is -0.378 e. The van der Waals surface area contributed by atoms with Crippen molar-refractivity contribution in [2.24, 2.45) is 5.41 Å². The van der Waals surface area contributed by atoms with Gasteiger partial charge in [-0.3, -0.25) is 4.79 Å². The van der Waals surface area contributed by atoms with Crippen LogP contribution in [0, 0.1) is 5.41 Å². The van der Waals surface area contributed by atoms with E-state index in [9.17, 15) is 4.79 Å². The number of halogens is 1. The molecule has 0 aromatic rings. The maximum absolute atomic E-state index is 12.2. The number of nitrogens with zero attached hydrogens (tertiary/aromatic N) is 1. The maximum Gasteiger partial charge on any atom is 0.242 e. The van der Waals surface area contributed by atoms with Crippen LogP contribution in [0.4, 0.5) is 0 Å². The highest BCUT2D eigenvalue weighted by Gasteiger charge is 2.33. The summed E-state index contributed by atoms with van der Waals surface area (Å²) in [5.74, 6) is 0.225. The Kier molecular flexibility index (Phi) is 5.89. The molecule has 1 amide bonds. The van der Waals surface area contributed by atoms with Crippen LogP contribution >= 0.6 is 12.4 Å². The summed E-state index contributed by atoms with van der Waals surface area (Å²) in [6.45, 7) is 8.42. The molecular formula is C13H25ClN2O2. The van der Waals surface area contributed by atoms with Crippen LogP contribution in [-0.4, -0.2) is 49.7 Å². The van der Waals surface area contributed by atoms with Crippen molar-refractivity contribution in [3.8, 4) is 0 Å². The number of carbonyl (C=O) groups is 1. The minimum absolute atomic E-state index is 0. The van der Waals surface area contributed by atoms with E-state index >= 15 is 0 Å². The molecule has 2 rings (SSSR count). The van der Waals surface area contributed by atoms with Gasteiger partial charge in [0.15, 0.2) is 0 Å². The standard InChI is InChI=1S/C13H24N2O2.ClH/c1-3-13(2)4-7-15(8-5-13)12(16)11-10-17-9-6-14-11;/h11,14H,3-10H2,1-2H3;1H. The lowest BCUT2D eigenvalue weighted by molar-refractivity contribution is -0.138. The summed E-state index contributed by atoms with van der Waals surface area (Å²) in [6, 6.07) is -0.116. The molecule has 0 bridgehead atoms. The lowest BCUT2D eigenvalue weighted by atomic mass is 9.78. The smallest absolute Gasteiger partial charge is 0.242 e. The highest BCUT2D eigenvalue weighted by molar-refractivity contribution is 5.85. The maximum atomic E-state index is 12.2. The molecule has 1 N–H and O–H groups in total. The van der Waals surface area contributed by atoms with Crippen molar-refractivity contribution in [1.29, 1.82) is 0 Å². The molecule has 2 aliphatic rings. The molecular weight excluding hydrogens is 252 g/mol. The number of hydrogen-bond donors (Lipinski definition) is 1. The fourth-order valence-electron chi connectivity index (χ4n) is 2.56. The van der Waals surface area contributed by atoms with Crippen LogP contribution in [0.3, 0.4) is 0 Å².